The van der Waals surface area contributed by atoms with Crippen molar-refractivity contribution in [1.29, 1.82) is 0 Å². The summed E-state index contributed by atoms with van der Waals surface area (Å²) in [6.45, 7) is 5.48. The predicted octanol–water partition coefficient (Wildman–Crippen LogP) is 0.341. The minimum atomic E-state index is -0.537. The number of rotatable bonds is 7. The molecule has 1 heterocycles. The average Bonchev–Trinajstić information content (AvgIpc) is 3.22. The molecule has 2 fully saturated rings. The van der Waals surface area contributed by atoms with Crippen molar-refractivity contribution >= 4 is 5.91 Å². The molecule has 2 atom stereocenters. The third kappa shape index (κ3) is 3.27. The van der Waals surface area contributed by atoms with Crippen molar-refractivity contribution in [1.82, 2.24) is 10.2 Å². The number of amides is 1. The van der Waals surface area contributed by atoms with Gasteiger partial charge < -0.3 is 15.8 Å². The fourth-order valence-electron chi connectivity index (χ4n) is 3.29. The van der Waals surface area contributed by atoms with Crippen LogP contribution in [0.3, 0.4) is 0 Å². The number of piperidine rings is 1. The van der Waals surface area contributed by atoms with Gasteiger partial charge in [-0.1, -0.05) is 6.92 Å². The Kier molecular flexibility index (Phi) is 4.81. The molecule has 0 spiro atoms. The molecule has 0 radical (unpaired) electrons. The summed E-state index contributed by atoms with van der Waals surface area (Å²) in [5.41, 5.74) is 5.19. The molecule has 19 heavy (non-hydrogen) atoms. The van der Waals surface area contributed by atoms with E-state index >= 15 is 0 Å². The summed E-state index contributed by atoms with van der Waals surface area (Å²) in [4.78, 5) is 14.4. The van der Waals surface area contributed by atoms with Crippen molar-refractivity contribution in [2.45, 2.75) is 44.2 Å². The van der Waals surface area contributed by atoms with Crippen molar-refractivity contribution in [2.75, 3.05) is 33.3 Å². The van der Waals surface area contributed by atoms with Crippen LogP contribution in [0.25, 0.3) is 0 Å². The number of ether oxygens (including phenoxy) is 1. The van der Waals surface area contributed by atoms with Crippen LogP contribution in [0.4, 0.5) is 0 Å². The molecule has 2 aliphatic rings. The van der Waals surface area contributed by atoms with Crippen molar-refractivity contribution in [3.8, 4) is 0 Å². The molecule has 0 aromatic rings. The van der Waals surface area contributed by atoms with Crippen molar-refractivity contribution < 1.29 is 9.53 Å². The molecule has 5 heteroatoms. The molecule has 0 aromatic carbocycles. The Labute approximate surface area is 115 Å². The zero-order valence-corrected chi connectivity index (χ0v) is 12.2. The predicted molar refractivity (Wildman–Crippen MR) is 74.8 cm³/mol. The summed E-state index contributed by atoms with van der Waals surface area (Å²) in [5, 5.41) is 3.38. The molecule has 2 rings (SSSR count). The van der Waals surface area contributed by atoms with Crippen LogP contribution in [0.2, 0.25) is 0 Å². The lowest BCUT2D eigenvalue weighted by molar-refractivity contribution is -0.126. The molecule has 1 saturated carbocycles. The van der Waals surface area contributed by atoms with E-state index in [4.69, 9.17) is 10.5 Å². The SMILES string of the molecule is CCNC(CN1CCCC(OC)C1)(C(N)=O)C1CC1. The Morgan fingerprint density at radius 2 is 2.21 bits per heavy atom. The third-order valence-corrected chi connectivity index (χ3v) is 4.47. The van der Waals surface area contributed by atoms with Crippen LogP contribution >= 0.6 is 0 Å². The average molecular weight is 269 g/mol. The Bertz CT molecular complexity index is 320. The van der Waals surface area contributed by atoms with Gasteiger partial charge in [0.15, 0.2) is 0 Å². The van der Waals surface area contributed by atoms with Crippen LogP contribution in [0.1, 0.15) is 32.6 Å². The molecule has 1 saturated heterocycles. The summed E-state index contributed by atoms with van der Waals surface area (Å²) in [7, 11) is 1.76. The Hall–Kier alpha value is -0.650. The first-order valence-electron chi connectivity index (χ1n) is 7.42. The summed E-state index contributed by atoms with van der Waals surface area (Å²) in [5.74, 6) is 0.212. The number of nitrogens with two attached hydrogens (primary N) is 1. The fraction of sp³-hybridized carbons (Fsp3) is 0.929. The minimum Gasteiger partial charge on any atom is -0.380 e. The second-order valence-corrected chi connectivity index (χ2v) is 5.88. The summed E-state index contributed by atoms with van der Waals surface area (Å²) in [6, 6.07) is 0. The maximum atomic E-state index is 12.0. The number of likely N-dealkylation sites (N-methyl/N-ethyl adjacent to an activating group) is 1. The molecule has 0 aromatic heterocycles. The van der Waals surface area contributed by atoms with Gasteiger partial charge in [-0.05, 0) is 44.7 Å². The van der Waals surface area contributed by atoms with E-state index < -0.39 is 5.54 Å². The third-order valence-electron chi connectivity index (χ3n) is 4.47. The van der Waals surface area contributed by atoms with E-state index in [1.165, 1.54) is 0 Å². The molecule has 3 N–H and O–H groups in total. The largest absolute Gasteiger partial charge is 0.380 e. The number of hydrogen-bond donors (Lipinski definition) is 2. The topological polar surface area (TPSA) is 67.6 Å². The Balaban J connectivity index is 2.04. The highest BCUT2D eigenvalue weighted by atomic mass is 16.5. The molecule has 5 nitrogen and oxygen atoms in total. The van der Waals surface area contributed by atoms with E-state index in [1.54, 1.807) is 7.11 Å². The van der Waals surface area contributed by atoms with Gasteiger partial charge in [-0.25, -0.2) is 0 Å². The maximum absolute atomic E-state index is 12.0. The molecule has 1 amide bonds. The van der Waals surface area contributed by atoms with Gasteiger partial charge in [0.2, 0.25) is 5.91 Å². The molecule has 0 bridgehead atoms. The van der Waals surface area contributed by atoms with E-state index in [-0.39, 0.29) is 5.91 Å². The van der Waals surface area contributed by atoms with Gasteiger partial charge in [0.05, 0.1) is 6.10 Å². The number of hydrogen-bond acceptors (Lipinski definition) is 4. The lowest BCUT2D eigenvalue weighted by Crippen LogP contribution is -2.64. The first-order chi connectivity index (χ1) is 9.12. The van der Waals surface area contributed by atoms with Gasteiger partial charge in [-0.2, -0.15) is 0 Å². The normalized spacial score (nSPS) is 28.0. The number of carbonyl (C=O) groups excluding carboxylic acids is 1. The number of methoxy groups -OCH3 is 1. The number of carbonyl (C=O) groups is 1. The van der Waals surface area contributed by atoms with Crippen LogP contribution in [-0.4, -0.2) is 55.7 Å². The molecular formula is C14H27N3O2. The van der Waals surface area contributed by atoms with Crippen LogP contribution in [-0.2, 0) is 9.53 Å². The smallest absolute Gasteiger partial charge is 0.239 e. The van der Waals surface area contributed by atoms with Crippen LogP contribution < -0.4 is 11.1 Å². The number of nitrogens with zero attached hydrogens (tertiary/aromatic N) is 1. The molecule has 110 valence electrons. The highest BCUT2D eigenvalue weighted by Crippen LogP contribution is 2.40. The van der Waals surface area contributed by atoms with Crippen LogP contribution in [0, 0.1) is 5.92 Å². The number of likely N-dealkylation sites (tertiary alicyclic amines) is 1. The Morgan fingerprint density at radius 1 is 1.47 bits per heavy atom. The Morgan fingerprint density at radius 3 is 2.74 bits per heavy atom. The second kappa shape index (κ2) is 6.20. The van der Waals surface area contributed by atoms with E-state index in [9.17, 15) is 4.79 Å². The number of nitrogens with one attached hydrogen (secondary N) is 1. The van der Waals surface area contributed by atoms with Gasteiger partial charge in [0.25, 0.3) is 0 Å². The quantitative estimate of drug-likeness (QED) is 0.699. The van der Waals surface area contributed by atoms with E-state index in [1.807, 2.05) is 6.92 Å². The molecule has 1 aliphatic heterocycles. The molecule has 1 aliphatic carbocycles. The van der Waals surface area contributed by atoms with E-state index in [0.717, 1.165) is 51.9 Å². The minimum absolute atomic E-state index is 0.198. The van der Waals surface area contributed by atoms with Gasteiger partial charge in [0.1, 0.15) is 5.54 Å². The van der Waals surface area contributed by atoms with Gasteiger partial charge in [-0.15, -0.1) is 0 Å². The van der Waals surface area contributed by atoms with Gasteiger partial charge in [0, 0.05) is 20.2 Å². The molecule has 2 unspecified atom stereocenters. The van der Waals surface area contributed by atoms with Gasteiger partial charge >= 0.3 is 0 Å². The van der Waals surface area contributed by atoms with Crippen LogP contribution in [0.5, 0.6) is 0 Å². The van der Waals surface area contributed by atoms with Gasteiger partial charge in [-0.3, -0.25) is 9.69 Å². The lowest BCUT2D eigenvalue weighted by atomic mass is 9.90. The zero-order chi connectivity index (χ0) is 13.9. The fourth-order valence-corrected chi connectivity index (χ4v) is 3.29. The number of primary amides is 1. The summed E-state index contributed by atoms with van der Waals surface area (Å²) >= 11 is 0. The first-order valence-corrected chi connectivity index (χ1v) is 7.42. The van der Waals surface area contributed by atoms with Crippen molar-refractivity contribution in [3.05, 3.63) is 0 Å². The molecular weight excluding hydrogens is 242 g/mol. The first kappa shape index (κ1) is 14.8. The maximum Gasteiger partial charge on any atom is 0.239 e. The standard InChI is InChI=1S/C14H27N3O2/c1-3-16-14(13(15)18,11-6-7-11)10-17-8-4-5-12(9-17)19-2/h11-12,16H,3-10H2,1-2H3,(H2,15,18). The van der Waals surface area contributed by atoms with E-state index in [0.29, 0.717) is 12.0 Å². The van der Waals surface area contributed by atoms with Crippen molar-refractivity contribution in [2.24, 2.45) is 11.7 Å². The second-order valence-electron chi connectivity index (χ2n) is 5.88. The lowest BCUT2D eigenvalue weighted by Gasteiger charge is -2.40. The van der Waals surface area contributed by atoms with Crippen LogP contribution in [0.15, 0.2) is 0 Å². The monoisotopic (exact) mass is 269 g/mol. The summed E-state index contributed by atoms with van der Waals surface area (Å²) in [6.07, 6.45) is 4.75. The highest BCUT2D eigenvalue weighted by Gasteiger charge is 2.50. The van der Waals surface area contributed by atoms with Crippen molar-refractivity contribution in [3.63, 3.8) is 0 Å². The zero-order valence-electron chi connectivity index (χ0n) is 12.2. The highest BCUT2D eigenvalue weighted by molar-refractivity contribution is 5.86. The summed E-state index contributed by atoms with van der Waals surface area (Å²) < 4.78 is 5.45. The van der Waals surface area contributed by atoms with E-state index in [2.05, 4.69) is 10.2 Å².